The molecule has 0 N–H and O–H groups in total. The lowest BCUT2D eigenvalue weighted by atomic mass is 10.2. The average Bonchev–Trinajstić information content (AvgIpc) is 3.48. The van der Waals surface area contributed by atoms with Crippen molar-refractivity contribution in [1.29, 1.82) is 0 Å². The van der Waals surface area contributed by atoms with Crippen LogP contribution in [0.3, 0.4) is 0 Å². The van der Waals surface area contributed by atoms with Crippen LogP contribution in [0.25, 0.3) is 0 Å². The molecule has 1 rings (SSSR count). The first-order chi connectivity index (χ1) is 20.2. The molecule has 0 aromatic rings. The van der Waals surface area contributed by atoms with E-state index in [1.165, 1.54) is 30.8 Å². The second kappa shape index (κ2) is 27.9. The maximum Gasteiger partial charge on any atom is 0.0820 e. The van der Waals surface area contributed by atoms with Gasteiger partial charge in [0, 0.05) is 96.9 Å². The smallest absolute Gasteiger partial charge is 0.0820 e. The molecule has 0 spiro atoms. The first kappa shape index (κ1) is 46.3. The molecule has 0 amide bonds. The zero-order valence-electron chi connectivity index (χ0n) is 23.6. The van der Waals surface area contributed by atoms with Crippen molar-refractivity contribution in [1.82, 2.24) is 0 Å². The number of thiol groups is 10. The van der Waals surface area contributed by atoms with E-state index in [4.69, 9.17) is 50.5 Å². The highest BCUT2D eigenvalue weighted by atomic mass is 32.2. The fraction of sp³-hybridized carbons (Fsp3) is 1.00. The van der Waals surface area contributed by atoms with Crippen LogP contribution in [-0.2, 0) is 0 Å². The molecule has 0 radical (unpaired) electrons. The first-order valence-corrected chi connectivity index (χ1v) is 27.7. The maximum absolute atomic E-state index is 5.24. The summed E-state index contributed by atoms with van der Waals surface area (Å²) < 4.78 is 0.673. The third-order valence-corrected chi connectivity index (χ3v) is 25.5. The van der Waals surface area contributed by atoms with Crippen LogP contribution in [0.2, 0.25) is 0 Å². The van der Waals surface area contributed by atoms with Crippen molar-refractivity contribution >= 4 is 220 Å². The number of rotatable bonds is 26. The Morgan fingerprint density at radius 1 is 0.571 bits per heavy atom. The predicted molar refractivity (Wildman–Crippen MR) is 256 cm³/mol. The van der Waals surface area contributed by atoms with Crippen LogP contribution in [0.1, 0.15) is 26.2 Å². The fourth-order valence-corrected chi connectivity index (χ4v) is 22.1. The summed E-state index contributed by atoms with van der Waals surface area (Å²) in [7, 11) is 0. The Labute approximate surface area is 347 Å². The largest absolute Gasteiger partial charge is 0.178 e. The average molecular weight is 914 g/mol. The molecule has 0 saturated carbocycles. The summed E-state index contributed by atoms with van der Waals surface area (Å²) in [6.07, 6.45) is 3.73. The van der Waals surface area contributed by atoms with Gasteiger partial charge in [0.1, 0.15) is 0 Å². The lowest BCUT2D eigenvalue weighted by Gasteiger charge is -2.39. The maximum atomic E-state index is 5.24. The van der Waals surface area contributed by atoms with Gasteiger partial charge in [-0.25, -0.2) is 0 Å². The zero-order chi connectivity index (χ0) is 31.5. The van der Waals surface area contributed by atoms with Gasteiger partial charge in [0.2, 0.25) is 0 Å². The van der Waals surface area contributed by atoms with Crippen molar-refractivity contribution in [3.05, 3.63) is 0 Å². The van der Waals surface area contributed by atoms with Gasteiger partial charge in [0.05, 0.1) is 8.66 Å². The van der Waals surface area contributed by atoms with Crippen LogP contribution in [0, 0.1) is 0 Å². The van der Waals surface area contributed by atoms with E-state index in [1.54, 1.807) is 0 Å². The topological polar surface area (TPSA) is 0 Å². The molecule has 252 valence electrons. The Bertz CT molecular complexity index is 615. The summed E-state index contributed by atoms with van der Waals surface area (Å²) in [4.78, 5) is 0. The Morgan fingerprint density at radius 2 is 0.929 bits per heavy atom. The molecule has 42 heavy (non-hydrogen) atoms. The molecular formula is C24H48S18. The molecule has 1 saturated heterocycles. The lowest BCUT2D eigenvalue weighted by molar-refractivity contribution is 0.681. The van der Waals surface area contributed by atoms with Gasteiger partial charge in [-0.05, 0) is 6.42 Å². The summed E-state index contributed by atoms with van der Waals surface area (Å²) in [5, 5.41) is 5.17. The Kier molecular flexibility index (Phi) is 30.8. The predicted octanol–water partition coefficient (Wildman–Crippen LogP) is 10.2. The van der Waals surface area contributed by atoms with Crippen LogP contribution in [-0.4, -0.2) is 106 Å². The standard InChI is InChI=1S/C24H48S18/c1-2-3-4-24(41-5-6-42-24)23(35-9-17(33)21(39-13-29)19(37-11-27)15(31)7-25)36-10-18(34)22(40-14-30)20(38-12-28)16(32)8-26/h15-23,25-34H,2-14H2,1H3. The molecule has 8 unspecified atom stereocenters. The lowest BCUT2D eigenvalue weighted by Crippen LogP contribution is -2.40. The highest BCUT2D eigenvalue weighted by molar-refractivity contribution is 8.26. The number of hydrogen-bond acceptors (Lipinski definition) is 18. The number of thioether (sulfide) groups is 8. The van der Waals surface area contributed by atoms with Gasteiger partial charge in [-0.2, -0.15) is 126 Å². The minimum atomic E-state index is 0.187. The summed E-state index contributed by atoms with van der Waals surface area (Å²) in [6.45, 7) is 2.31. The number of unbranched alkanes of at least 4 members (excludes halogenated alkanes) is 1. The fourth-order valence-electron chi connectivity index (χ4n) is 4.41. The summed E-state index contributed by atoms with van der Waals surface area (Å²) in [5.74, 6) is 5.90. The van der Waals surface area contributed by atoms with Gasteiger partial charge >= 0.3 is 0 Å². The van der Waals surface area contributed by atoms with Gasteiger partial charge < -0.3 is 0 Å². The van der Waals surface area contributed by atoms with E-state index in [2.05, 4.69) is 130 Å². The van der Waals surface area contributed by atoms with Crippen molar-refractivity contribution in [2.24, 2.45) is 0 Å². The van der Waals surface area contributed by atoms with Crippen molar-refractivity contribution in [3.63, 3.8) is 0 Å². The SMILES string of the molecule is CCCCC1(C(SCC(S)C(SCS)C(SCS)C(S)CS)SCC(S)C(SCS)C(SCS)C(S)CS)SCCS1. The molecule has 1 aliphatic heterocycles. The van der Waals surface area contributed by atoms with Gasteiger partial charge in [-0.1, -0.05) is 19.8 Å². The molecule has 8 atom stereocenters. The Hall–Kier alpha value is 6.30. The van der Waals surface area contributed by atoms with Crippen LogP contribution < -0.4 is 0 Å². The molecule has 0 aliphatic carbocycles. The highest BCUT2D eigenvalue weighted by Crippen LogP contribution is 2.57. The van der Waals surface area contributed by atoms with Crippen molar-refractivity contribution in [2.75, 3.05) is 54.9 Å². The van der Waals surface area contributed by atoms with Gasteiger partial charge in [-0.3, -0.25) is 0 Å². The summed E-state index contributed by atoms with van der Waals surface area (Å²) in [5.41, 5.74) is 0. The molecule has 0 nitrogen and oxygen atoms in total. The van der Waals surface area contributed by atoms with E-state index >= 15 is 0 Å². The molecule has 1 fully saturated rings. The van der Waals surface area contributed by atoms with Gasteiger partial charge in [0.25, 0.3) is 0 Å². The molecule has 0 aromatic heterocycles. The van der Waals surface area contributed by atoms with Crippen LogP contribution in [0.15, 0.2) is 0 Å². The minimum absolute atomic E-state index is 0.187. The Balaban J connectivity index is 3.19. The molecular weight excluding hydrogens is 865 g/mol. The zero-order valence-corrected chi connectivity index (χ0v) is 39.1. The van der Waals surface area contributed by atoms with Crippen molar-refractivity contribution in [2.45, 2.75) is 76.8 Å². The van der Waals surface area contributed by atoms with Crippen LogP contribution >= 0.6 is 220 Å². The molecule has 0 bridgehead atoms. The molecule has 1 aliphatic rings. The van der Waals surface area contributed by atoms with E-state index in [1.807, 2.05) is 47.0 Å². The van der Waals surface area contributed by atoms with E-state index in [-0.39, 0.29) is 25.1 Å². The molecule has 18 heteroatoms. The van der Waals surface area contributed by atoms with Gasteiger partial charge in [-0.15, -0.1) is 94.1 Å². The van der Waals surface area contributed by atoms with E-state index in [9.17, 15) is 0 Å². The summed E-state index contributed by atoms with van der Waals surface area (Å²) in [6, 6.07) is 0. The van der Waals surface area contributed by atoms with Gasteiger partial charge in [0.15, 0.2) is 0 Å². The second-order valence-electron chi connectivity index (χ2n) is 9.29. The quantitative estimate of drug-likeness (QED) is 0.0304. The minimum Gasteiger partial charge on any atom is -0.178 e. The molecule has 0 aromatic carbocycles. The Morgan fingerprint density at radius 3 is 1.24 bits per heavy atom. The van der Waals surface area contributed by atoms with Crippen molar-refractivity contribution < 1.29 is 0 Å². The monoisotopic (exact) mass is 912 g/mol. The van der Waals surface area contributed by atoms with Crippen molar-refractivity contribution in [3.8, 4) is 0 Å². The van der Waals surface area contributed by atoms with E-state index in [0.29, 0.717) is 25.6 Å². The van der Waals surface area contributed by atoms with E-state index < -0.39 is 0 Å². The third kappa shape index (κ3) is 16.3. The summed E-state index contributed by atoms with van der Waals surface area (Å²) >= 11 is 63.9. The van der Waals surface area contributed by atoms with E-state index in [0.717, 1.165) is 43.4 Å². The molecule has 1 heterocycles. The normalized spacial score (nSPS) is 21.8. The highest BCUT2D eigenvalue weighted by Gasteiger charge is 2.44. The second-order valence-corrected chi connectivity index (χ2v) is 26.0. The van der Waals surface area contributed by atoms with Crippen LogP contribution in [0.4, 0.5) is 0 Å². The first-order valence-electron chi connectivity index (χ1n) is 13.5. The third-order valence-electron chi connectivity index (χ3n) is 6.46. The number of hydrogen-bond donors (Lipinski definition) is 10. The van der Waals surface area contributed by atoms with Crippen LogP contribution in [0.5, 0.6) is 0 Å².